The average molecular weight is 222 g/mol. The minimum Gasteiger partial charge on any atom is -0.103 e. The van der Waals surface area contributed by atoms with E-state index in [0.717, 1.165) is 6.42 Å². The van der Waals surface area contributed by atoms with Crippen LogP contribution in [0.2, 0.25) is 0 Å². The van der Waals surface area contributed by atoms with Crippen molar-refractivity contribution in [2.75, 3.05) is 0 Å². The van der Waals surface area contributed by atoms with Crippen molar-refractivity contribution in [3.8, 4) is 0 Å². The summed E-state index contributed by atoms with van der Waals surface area (Å²) in [5.74, 6) is 0.695. The number of benzene rings is 2. The summed E-state index contributed by atoms with van der Waals surface area (Å²) in [5.41, 5.74) is 3.12. The molecular weight excluding hydrogens is 204 g/mol. The zero-order valence-electron chi connectivity index (χ0n) is 10.2. The van der Waals surface area contributed by atoms with Gasteiger partial charge in [0.15, 0.2) is 0 Å². The Morgan fingerprint density at radius 3 is 2.71 bits per heavy atom. The molecule has 0 saturated carbocycles. The highest BCUT2D eigenvalue weighted by Crippen LogP contribution is 2.36. The van der Waals surface area contributed by atoms with Gasteiger partial charge in [-0.05, 0) is 53.5 Å². The Bertz CT molecular complexity index is 551. The molecule has 0 aliphatic heterocycles. The monoisotopic (exact) mass is 222 g/mol. The fourth-order valence-corrected chi connectivity index (χ4v) is 3.04. The van der Waals surface area contributed by atoms with Gasteiger partial charge in [-0.25, -0.2) is 0 Å². The third-order valence-corrected chi connectivity index (χ3v) is 3.90. The molecule has 0 nitrogen and oxygen atoms in total. The molecule has 86 valence electrons. The first-order valence-corrected chi connectivity index (χ1v) is 6.51. The van der Waals surface area contributed by atoms with Crippen LogP contribution >= 0.6 is 0 Å². The highest BCUT2D eigenvalue weighted by molar-refractivity contribution is 5.84. The molecule has 1 unspecified atom stereocenters. The lowest BCUT2D eigenvalue weighted by atomic mass is 9.80. The quantitative estimate of drug-likeness (QED) is 0.638. The first kappa shape index (κ1) is 10.6. The van der Waals surface area contributed by atoms with Crippen LogP contribution in [0, 0.1) is 0 Å². The number of allylic oxidation sites excluding steroid dienone is 1. The van der Waals surface area contributed by atoms with Crippen LogP contribution in [0.1, 0.15) is 36.3 Å². The fourth-order valence-electron chi connectivity index (χ4n) is 3.04. The zero-order chi connectivity index (χ0) is 11.7. The molecule has 0 spiro atoms. The molecular formula is C17H18. The van der Waals surface area contributed by atoms with Crippen molar-refractivity contribution in [3.63, 3.8) is 0 Å². The summed E-state index contributed by atoms with van der Waals surface area (Å²) in [6.07, 6.45) is 7.06. The van der Waals surface area contributed by atoms with E-state index in [-0.39, 0.29) is 0 Å². The van der Waals surface area contributed by atoms with E-state index in [1.54, 1.807) is 11.1 Å². The molecule has 3 rings (SSSR count). The molecule has 0 heterocycles. The standard InChI is InChI=1S/C17H18/c1-2-6-13-9-5-10-16-11-14-7-3-4-8-15(14)12-17(13)16/h2-4,7-8,11-13H,1,5-6,9-10H2. The number of rotatable bonds is 2. The van der Waals surface area contributed by atoms with Gasteiger partial charge in [0.1, 0.15) is 0 Å². The van der Waals surface area contributed by atoms with Crippen molar-refractivity contribution < 1.29 is 0 Å². The predicted molar refractivity (Wildman–Crippen MR) is 74.4 cm³/mol. The van der Waals surface area contributed by atoms with Crippen LogP contribution < -0.4 is 0 Å². The predicted octanol–water partition coefficient (Wildman–Crippen LogP) is 4.84. The Morgan fingerprint density at radius 1 is 1.18 bits per heavy atom. The molecule has 0 radical (unpaired) electrons. The van der Waals surface area contributed by atoms with E-state index in [0.29, 0.717) is 5.92 Å². The number of aryl methyl sites for hydroxylation is 1. The first-order valence-electron chi connectivity index (χ1n) is 6.51. The van der Waals surface area contributed by atoms with Crippen molar-refractivity contribution in [1.29, 1.82) is 0 Å². The summed E-state index contributed by atoms with van der Waals surface area (Å²) in [6.45, 7) is 3.89. The van der Waals surface area contributed by atoms with Crippen LogP contribution in [0.15, 0.2) is 49.1 Å². The highest BCUT2D eigenvalue weighted by atomic mass is 14.2. The lowest BCUT2D eigenvalue weighted by molar-refractivity contribution is 0.559. The minimum atomic E-state index is 0.695. The maximum absolute atomic E-state index is 3.89. The molecule has 0 heteroatoms. The topological polar surface area (TPSA) is 0 Å². The molecule has 2 aromatic rings. The van der Waals surface area contributed by atoms with Crippen LogP contribution in [0.3, 0.4) is 0 Å². The van der Waals surface area contributed by atoms with Crippen LogP contribution in [0.25, 0.3) is 10.8 Å². The largest absolute Gasteiger partial charge is 0.103 e. The molecule has 1 atom stereocenters. The second kappa shape index (κ2) is 4.37. The van der Waals surface area contributed by atoms with Gasteiger partial charge in [0.2, 0.25) is 0 Å². The van der Waals surface area contributed by atoms with E-state index in [2.05, 4.69) is 49.1 Å². The van der Waals surface area contributed by atoms with E-state index in [9.17, 15) is 0 Å². The van der Waals surface area contributed by atoms with E-state index in [1.165, 1.54) is 30.0 Å². The van der Waals surface area contributed by atoms with Crippen LogP contribution in [-0.2, 0) is 6.42 Å². The second-order valence-corrected chi connectivity index (χ2v) is 5.01. The maximum Gasteiger partial charge on any atom is -0.0124 e. The lowest BCUT2D eigenvalue weighted by Gasteiger charge is -2.25. The summed E-state index contributed by atoms with van der Waals surface area (Å²) in [6, 6.07) is 13.5. The Kier molecular flexibility index (Phi) is 2.72. The van der Waals surface area contributed by atoms with Gasteiger partial charge in [0.25, 0.3) is 0 Å². The van der Waals surface area contributed by atoms with Gasteiger partial charge in [-0.15, -0.1) is 6.58 Å². The van der Waals surface area contributed by atoms with E-state index >= 15 is 0 Å². The normalized spacial score (nSPS) is 18.9. The van der Waals surface area contributed by atoms with Gasteiger partial charge in [0.05, 0.1) is 0 Å². The Labute approximate surface area is 103 Å². The molecule has 0 fully saturated rings. The summed E-state index contributed by atoms with van der Waals surface area (Å²) in [4.78, 5) is 0. The number of fused-ring (bicyclic) bond motifs is 2. The second-order valence-electron chi connectivity index (χ2n) is 5.01. The summed E-state index contributed by atoms with van der Waals surface area (Å²) >= 11 is 0. The van der Waals surface area contributed by atoms with Crippen LogP contribution in [0.4, 0.5) is 0 Å². The molecule has 2 aromatic carbocycles. The molecule has 0 amide bonds. The fraction of sp³-hybridized carbons (Fsp3) is 0.294. The maximum atomic E-state index is 3.89. The summed E-state index contributed by atoms with van der Waals surface area (Å²) < 4.78 is 0. The van der Waals surface area contributed by atoms with E-state index < -0.39 is 0 Å². The molecule has 0 saturated heterocycles. The van der Waals surface area contributed by atoms with Crippen LogP contribution in [-0.4, -0.2) is 0 Å². The lowest BCUT2D eigenvalue weighted by Crippen LogP contribution is -2.09. The van der Waals surface area contributed by atoms with Crippen molar-refractivity contribution in [2.45, 2.75) is 31.6 Å². The smallest absolute Gasteiger partial charge is 0.0124 e. The number of hydrogen-bond donors (Lipinski definition) is 0. The Morgan fingerprint density at radius 2 is 1.94 bits per heavy atom. The zero-order valence-corrected chi connectivity index (χ0v) is 10.2. The molecule has 1 aliphatic rings. The van der Waals surface area contributed by atoms with Crippen molar-refractivity contribution in [1.82, 2.24) is 0 Å². The molecule has 0 bridgehead atoms. The van der Waals surface area contributed by atoms with Crippen molar-refractivity contribution in [3.05, 3.63) is 60.2 Å². The van der Waals surface area contributed by atoms with Gasteiger partial charge >= 0.3 is 0 Å². The Hall–Kier alpha value is -1.56. The average Bonchev–Trinajstić information content (AvgIpc) is 2.37. The number of hydrogen-bond acceptors (Lipinski definition) is 0. The summed E-state index contributed by atoms with van der Waals surface area (Å²) in [5, 5.41) is 2.76. The molecule has 0 N–H and O–H groups in total. The van der Waals surface area contributed by atoms with Gasteiger partial charge in [-0.1, -0.05) is 42.5 Å². The third-order valence-electron chi connectivity index (χ3n) is 3.90. The van der Waals surface area contributed by atoms with Gasteiger partial charge < -0.3 is 0 Å². The molecule has 0 aromatic heterocycles. The van der Waals surface area contributed by atoms with E-state index in [4.69, 9.17) is 0 Å². The first-order chi connectivity index (χ1) is 8.38. The van der Waals surface area contributed by atoms with E-state index in [1.807, 2.05) is 0 Å². The van der Waals surface area contributed by atoms with Gasteiger partial charge in [-0.3, -0.25) is 0 Å². The SMILES string of the molecule is C=CCC1CCCc2cc3ccccc3cc21. The molecule has 1 aliphatic carbocycles. The Balaban J connectivity index is 2.15. The third kappa shape index (κ3) is 1.88. The van der Waals surface area contributed by atoms with Gasteiger partial charge in [-0.2, -0.15) is 0 Å². The van der Waals surface area contributed by atoms with Crippen molar-refractivity contribution >= 4 is 10.8 Å². The highest BCUT2D eigenvalue weighted by Gasteiger charge is 2.19. The van der Waals surface area contributed by atoms with Crippen molar-refractivity contribution in [2.24, 2.45) is 0 Å². The summed E-state index contributed by atoms with van der Waals surface area (Å²) in [7, 11) is 0. The van der Waals surface area contributed by atoms with Crippen LogP contribution in [0.5, 0.6) is 0 Å². The van der Waals surface area contributed by atoms with Gasteiger partial charge in [0, 0.05) is 0 Å². The molecule has 17 heavy (non-hydrogen) atoms. The minimum absolute atomic E-state index is 0.695.